The summed E-state index contributed by atoms with van der Waals surface area (Å²) in [6, 6.07) is 8.40. The quantitative estimate of drug-likeness (QED) is 0.913. The van der Waals surface area contributed by atoms with E-state index in [1.807, 2.05) is 0 Å². The normalized spacial score (nSPS) is 10.2. The van der Waals surface area contributed by atoms with Gasteiger partial charge in [-0.1, -0.05) is 17.7 Å². The van der Waals surface area contributed by atoms with Crippen LogP contribution in [0.25, 0.3) is 0 Å². The Morgan fingerprint density at radius 3 is 2.76 bits per heavy atom. The average molecular weight is 311 g/mol. The first kappa shape index (κ1) is 15.1. The number of ether oxygens (including phenoxy) is 2. The van der Waals surface area contributed by atoms with E-state index >= 15 is 0 Å². The first-order valence-electron chi connectivity index (χ1n) is 6.00. The van der Waals surface area contributed by atoms with Crippen LogP contribution in [0.4, 0.5) is 4.39 Å². The van der Waals surface area contributed by atoms with Gasteiger partial charge in [-0.25, -0.2) is 9.18 Å². The molecule has 2 aromatic carbocycles. The van der Waals surface area contributed by atoms with Crippen LogP contribution in [0.3, 0.4) is 0 Å². The zero-order chi connectivity index (χ0) is 15.4. The van der Waals surface area contributed by atoms with Gasteiger partial charge in [-0.15, -0.1) is 0 Å². The Hall–Kier alpha value is -2.27. The monoisotopic (exact) mass is 310 g/mol. The van der Waals surface area contributed by atoms with Crippen LogP contribution in [0.2, 0.25) is 5.02 Å². The summed E-state index contributed by atoms with van der Waals surface area (Å²) in [6.07, 6.45) is 0. The minimum absolute atomic E-state index is 0.0399. The van der Waals surface area contributed by atoms with E-state index < -0.39 is 11.8 Å². The highest BCUT2D eigenvalue weighted by Gasteiger charge is 2.16. The molecule has 0 spiro atoms. The first-order valence-corrected chi connectivity index (χ1v) is 6.37. The van der Waals surface area contributed by atoms with Crippen molar-refractivity contribution in [1.29, 1.82) is 0 Å². The van der Waals surface area contributed by atoms with Gasteiger partial charge in [0.25, 0.3) is 0 Å². The van der Waals surface area contributed by atoms with E-state index in [1.54, 1.807) is 12.1 Å². The number of carboxylic acids is 1. The third-order valence-electron chi connectivity index (χ3n) is 2.81. The topological polar surface area (TPSA) is 55.8 Å². The fourth-order valence-corrected chi connectivity index (χ4v) is 1.97. The molecule has 0 aromatic heterocycles. The molecule has 1 N–H and O–H groups in total. The van der Waals surface area contributed by atoms with Gasteiger partial charge in [0.2, 0.25) is 0 Å². The lowest BCUT2D eigenvalue weighted by atomic mass is 10.2. The van der Waals surface area contributed by atoms with Crippen molar-refractivity contribution in [2.75, 3.05) is 7.11 Å². The van der Waals surface area contributed by atoms with Crippen molar-refractivity contribution in [2.24, 2.45) is 0 Å². The summed E-state index contributed by atoms with van der Waals surface area (Å²) in [5.41, 5.74) is 0.376. The standard InChI is InChI=1S/C15H12ClFO4/c1-20-13-4-2-3-11(15(18)19)14(13)21-8-9-7-10(17)5-6-12(9)16/h2-7H,8H2,1H3,(H,18,19). The van der Waals surface area contributed by atoms with Crippen molar-refractivity contribution < 1.29 is 23.8 Å². The lowest BCUT2D eigenvalue weighted by Gasteiger charge is -2.13. The predicted molar refractivity (Wildman–Crippen MR) is 75.7 cm³/mol. The molecule has 0 aliphatic carbocycles. The number of rotatable bonds is 5. The summed E-state index contributed by atoms with van der Waals surface area (Å²) < 4.78 is 23.8. The smallest absolute Gasteiger partial charge is 0.339 e. The molecule has 0 fully saturated rings. The van der Waals surface area contributed by atoms with E-state index in [4.69, 9.17) is 26.2 Å². The molecule has 21 heavy (non-hydrogen) atoms. The molecule has 0 bridgehead atoms. The Labute approximate surface area is 125 Å². The number of aromatic carboxylic acids is 1. The van der Waals surface area contributed by atoms with Gasteiger partial charge in [0.15, 0.2) is 11.5 Å². The molecule has 0 saturated heterocycles. The summed E-state index contributed by atoms with van der Waals surface area (Å²) in [5.74, 6) is -1.24. The number of carbonyl (C=O) groups is 1. The number of halogens is 2. The molecule has 0 amide bonds. The van der Waals surface area contributed by atoms with Crippen molar-refractivity contribution in [3.63, 3.8) is 0 Å². The van der Waals surface area contributed by atoms with Crippen molar-refractivity contribution in [2.45, 2.75) is 6.61 Å². The molecule has 0 aliphatic heterocycles. The zero-order valence-corrected chi connectivity index (χ0v) is 11.9. The highest BCUT2D eigenvalue weighted by molar-refractivity contribution is 6.31. The second kappa shape index (κ2) is 6.45. The SMILES string of the molecule is COc1cccc(C(=O)O)c1OCc1cc(F)ccc1Cl. The van der Waals surface area contributed by atoms with E-state index in [2.05, 4.69) is 0 Å². The van der Waals surface area contributed by atoms with E-state index in [0.717, 1.165) is 0 Å². The number of para-hydroxylation sites is 1. The predicted octanol–water partition coefficient (Wildman–Crippen LogP) is 3.76. The van der Waals surface area contributed by atoms with E-state index in [-0.39, 0.29) is 23.7 Å². The summed E-state index contributed by atoms with van der Waals surface area (Å²) in [4.78, 5) is 11.2. The Kier molecular flexibility index (Phi) is 4.65. The van der Waals surface area contributed by atoms with Crippen LogP contribution < -0.4 is 9.47 Å². The minimum Gasteiger partial charge on any atom is -0.493 e. The van der Waals surface area contributed by atoms with Gasteiger partial charge in [0, 0.05) is 10.6 Å². The maximum atomic E-state index is 13.2. The second-order valence-corrected chi connectivity index (χ2v) is 4.57. The van der Waals surface area contributed by atoms with Gasteiger partial charge in [0.1, 0.15) is 18.0 Å². The number of hydrogen-bond donors (Lipinski definition) is 1. The fraction of sp³-hybridized carbons (Fsp3) is 0.133. The van der Waals surface area contributed by atoms with Gasteiger partial charge in [-0.05, 0) is 30.3 Å². The number of methoxy groups -OCH3 is 1. The van der Waals surface area contributed by atoms with Crippen LogP contribution in [0, 0.1) is 5.82 Å². The lowest BCUT2D eigenvalue weighted by Crippen LogP contribution is -2.05. The fourth-order valence-electron chi connectivity index (χ4n) is 1.80. The largest absolute Gasteiger partial charge is 0.493 e. The second-order valence-electron chi connectivity index (χ2n) is 4.17. The summed E-state index contributed by atoms with van der Waals surface area (Å²) in [7, 11) is 1.41. The number of benzene rings is 2. The van der Waals surface area contributed by atoms with Gasteiger partial charge in [-0.3, -0.25) is 0 Å². The van der Waals surface area contributed by atoms with Gasteiger partial charge >= 0.3 is 5.97 Å². The van der Waals surface area contributed by atoms with Crippen LogP contribution >= 0.6 is 11.6 Å². The van der Waals surface area contributed by atoms with Crippen molar-refractivity contribution in [1.82, 2.24) is 0 Å². The molecule has 0 saturated carbocycles. The highest BCUT2D eigenvalue weighted by Crippen LogP contribution is 2.32. The summed E-state index contributed by atoms with van der Waals surface area (Å²) >= 11 is 5.94. The van der Waals surface area contributed by atoms with E-state index in [0.29, 0.717) is 10.6 Å². The first-order chi connectivity index (χ1) is 10.0. The van der Waals surface area contributed by atoms with Gasteiger partial charge in [-0.2, -0.15) is 0 Å². The van der Waals surface area contributed by atoms with Crippen LogP contribution in [0.15, 0.2) is 36.4 Å². The van der Waals surface area contributed by atoms with Crippen LogP contribution in [-0.2, 0) is 6.61 Å². The maximum absolute atomic E-state index is 13.2. The van der Waals surface area contributed by atoms with Gasteiger partial charge < -0.3 is 14.6 Å². The molecule has 6 heteroatoms. The Balaban J connectivity index is 2.31. The molecule has 0 unspecified atom stereocenters. The molecule has 2 rings (SSSR count). The molecule has 0 atom stereocenters. The molecule has 0 radical (unpaired) electrons. The lowest BCUT2D eigenvalue weighted by molar-refractivity contribution is 0.0691. The van der Waals surface area contributed by atoms with Crippen molar-refractivity contribution >= 4 is 17.6 Å². The van der Waals surface area contributed by atoms with Crippen LogP contribution in [-0.4, -0.2) is 18.2 Å². The molecule has 2 aromatic rings. The maximum Gasteiger partial charge on any atom is 0.339 e. The van der Waals surface area contributed by atoms with Crippen LogP contribution in [0.5, 0.6) is 11.5 Å². The van der Waals surface area contributed by atoms with Crippen LogP contribution in [0.1, 0.15) is 15.9 Å². The molecule has 110 valence electrons. The van der Waals surface area contributed by atoms with Gasteiger partial charge in [0.05, 0.1) is 7.11 Å². The van der Waals surface area contributed by atoms with Crippen molar-refractivity contribution in [3.8, 4) is 11.5 Å². The van der Waals surface area contributed by atoms with Crippen molar-refractivity contribution in [3.05, 3.63) is 58.4 Å². The number of carboxylic acid groups (broad SMARTS) is 1. The minimum atomic E-state index is -1.14. The Morgan fingerprint density at radius 1 is 1.33 bits per heavy atom. The third kappa shape index (κ3) is 3.44. The zero-order valence-electron chi connectivity index (χ0n) is 11.1. The Bertz CT molecular complexity index is 673. The molecular weight excluding hydrogens is 299 g/mol. The van der Waals surface area contributed by atoms with E-state index in [1.165, 1.54) is 31.4 Å². The molecule has 4 nitrogen and oxygen atoms in total. The summed E-state index contributed by atoms with van der Waals surface area (Å²) in [6.45, 7) is -0.0722. The number of hydrogen-bond acceptors (Lipinski definition) is 3. The highest BCUT2D eigenvalue weighted by atomic mass is 35.5. The molecular formula is C15H12ClFO4. The molecule has 0 aliphatic rings. The third-order valence-corrected chi connectivity index (χ3v) is 3.18. The average Bonchev–Trinajstić information content (AvgIpc) is 2.47. The van der Waals surface area contributed by atoms with E-state index in [9.17, 15) is 9.18 Å². The Morgan fingerprint density at radius 2 is 2.10 bits per heavy atom. The summed E-state index contributed by atoms with van der Waals surface area (Å²) in [5, 5.41) is 9.50. The molecule has 0 heterocycles.